The van der Waals surface area contributed by atoms with Crippen molar-refractivity contribution in [3.05, 3.63) is 21.9 Å². The quantitative estimate of drug-likeness (QED) is 0.869. The summed E-state index contributed by atoms with van der Waals surface area (Å²) in [7, 11) is 0. The molecule has 3 nitrogen and oxygen atoms in total. The molecule has 4 heteroatoms. The number of hydrogen-bond donors (Lipinski definition) is 1. The van der Waals surface area contributed by atoms with Crippen molar-refractivity contribution in [3.63, 3.8) is 0 Å². The van der Waals surface area contributed by atoms with Crippen LogP contribution in [0.2, 0.25) is 0 Å². The van der Waals surface area contributed by atoms with Gasteiger partial charge in [0.1, 0.15) is 6.17 Å². The molecule has 1 N–H and O–H groups in total. The molecule has 3 atom stereocenters. The van der Waals surface area contributed by atoms with Crippen LogP contribution >= 0.6 is 11.3 Å². The van der Waals surface area contributed by atoms with E-state index < -0.39 is 0 Å². The van der Waals surface area contributed by atoms with Gasteiger partial charge < -0.3 is 4.90 Å². The van der Waals surface area contributed by atoms with E-state index in [0.717, 1.165) is 25.3 Å². The number of thiophene rings is 1. The second-order valence-electron chi connectivity index (χ2n) is 6.66. The molecule has 0 radical (unpaired) electrons. The van der Waals surface area contributed by atoms with E-state index in [9.17, 15) is 4.79 Å². The van der Waals surface area contributed by atoms with Gasteiger partial charge in [-0.25, -0.2) is 0 Å². The van der Waals surface area contributed by atoms with Gasteiger partial charge >= 0.3 is 0 Å². The molecule has 3 rings (SSSR count). The Hall–Kier alpha value is -0.870. The first-order valence-corrected chi connectivity index (χ1v) is 9.04. The Morgan fingerprint density at radius 1 is 1.43 bits per heavy atom. The number of nitrogens with zero attached hydrogens (tertiary/aromatic N) is 1. The third-order valence-corrected chi connectivity index (χ3v) is 5.82. The number of rotatable bonds is 6. The van der Waals surface area contributed by atoms with E-state index >= 15 is 0 Å². The molecule has 0 spiro atoms. The van der Waals surface area contributed by atoms with Crippen molar-refractivity contribution < 1.29 is 4.79 Å². The molecule has 1 aromatic rings. The Balaban J connectivity index is 1.78. The largest absolute Gasteiger partial charge is 0.320 e. The second kappa shape index (κ2) is 6.09. The normalized spacial score (nSPS) is 27.4. The zero-order valence-electron chi connectivity index (χ0n) is 13.3. The molecule has 1 saturated carbocycles. The summed E-state index contributed by atoms with van der Waals surface area (Å²) in [6, 6.07) is 4.34. The van der Waals surface area contributed by atoms with E-state index in [1.54, 1.807) is 11.3 Å². The number of hydrogen-bond acceptors (Lipinski definition) is 3. The molecule has 21 heavy (non-hydrogen) atoms. The maximum atomic E-state index is 12.7. The van der Waals surface area contributed by atoms with Crippen LogP contribution in [-0.4, -0.2) is 23.4 Å². The van der Waals surface area contributed by atoms with E-state index in [1.807, 2.05) is 0 Å². The number of amides is 1. The van der Waals surface area contributed by atoms with Gasteiger partial charge in [-0.2, -0.15) is 0 Å². The van der Waals surface area contributed by atoms with Crippen LogP contribution in [0.1, 0.15) is 55.5 Å². The van der Waals surface area contributed by atoms with Gasteiger partial charge in [-0.05, 0) is 50.2 Å². The Morgan fingerprint density at radius 2 is 2.19 bits per heavy atom. The smallest absolute Gasteiger partial charge is 0.241 e. The van der Waals surface area contributed by atoms with E-state index in [2.05, 4.69) is 43.1 Å². The molecular formula is C17H26N2OS. The summed E-state index contributed by atoms with van der Waals surface area (Å²) >= 11 is 1.81. The summed E-state index contributed by atoms with van der Waals surface area (Å²) in [4.78, 5) is 17.4. The van der Waals surface area contributed by atoms with E-state index in [-0.39, 0.29) is 12.2 Å². The Bertz CT molecular complexity index is 509. The average Bonchev–Trinajstić information content (AvgIpc) is 3.16. The molecule has 116 valence electrons. The van der Waals surface area contributed by atoms with Gasteiger partial charge in [0.05, 0.1) is 6.04 Å². The molecule has 1 aromatic heterocycles. The van der Waals surface area contributed by atoms with Gasteiger partial charge in [0.25, 0.3) is 0 Å². The first kappa shape index (κ1) is 15.0. The van der Waals surface area contributed by atoms with Crippen molar-refractivity contribution in [2.45, 2.75) is 58.7 Å². The predicted molar refractivity (Wildman–Crippen MR) is 87.2 cm³/mol. The van der Waals surface area contributed by atoms with Crippen LogP contribution in [-0.2, 0) is 4.79 Å². The average molecular weight is 306 g/mol. The molecule has 1 aliphatic carbocycles. The number of nitrogens with one attached hydrogen (secondary N) is 1. The van der Waals surface area contributed by atoms with Gasteiger partial charge in [0.15, 0.2) is 0 Å². The van der Waals surface area contributed by atoms with Crippen molar-refractivity contribution >= 4 is 17.2 Å². The highest BCUT2D eigenvalue weighted by atomic mass is 32.1. The Labute approximate surface area is 131 Å². The highest BCUT2D eigenvalue weighted by Crippen LogP contribution is 2.39. The molecule has 0 aromatic carbocycles. The van der Waals surface area contributed by atoms with Crippen LogP contribution in [0.3, 0.4) is 0 Å². The highest BCUT2D eigenvalue weighted by molar-refractivity contribution is 7.12. The minimum atomic E-state index is 0.00816. The number of aryl methyl sites for hydroxylation is 1. The van der Waals surface area contributed by atoms with Gasteiger partial charge in [-0.3, -0.25) is 10.1 Å². The number of carbonyl (C=O) groups is 1. The van der Waals surface area contributed by atoms with Crippen LogP contribution < -0.4 is 5.32 Å². The summed E-state index contributed by atoms with van der Waals surface area (Å²) < 4.78 is 0. The lowest BCUT2D eigenvalue weighted by atomic mass is 10.1. The first-order valence-electron chi connectivity index (χ1n) is 8.23. The van der Waals surface area contributed by atoms with Crippen LogP contribution in [0.25, 0.3) is 0 Å². The van der Waals surface area contributed by atoms with Crippen molar-refractivity contribution in [3.8, 4) is 0 Å². The molecule has 1 aliphatic heterocycles. The fourth-order valence-electron chi connectivity index (χ4n) is 3.33. The van der Waals surface area contributed by atoms with E-state index in [0.29, 0.717) is 11.8 Å². The highest BCUT2D eigenvalue weighted by Gasteiger charge is 2.41. The Morgan fingerprint density at radius 3 is 2.76 bits per heavy atom. The minimum Gasteiger partial charge on any atom is -0.320 e. The van der Waals surface area contributed by atoms with Crippen molar-refractivity contribution in [2.75, 3.05) is 6.54 Å². The third-order valence-electron chi connectivity index (χ3n) is 4.77. The lowest BCUT2D eigenvalue weighted by Gasteiger charge is -2.26. The van der Waals surface area contributed by atoms with Crippen LogP contribution in [0.15, 0.2) is 12.1 Å². The maximum absolute atomic E-state index is 12.7. The molecule has 1 amide bonds. The molecule has 1 saturated heterocycles. The minimum absolute atomic E-state index is 0.00816. The number of carbonyl (C=O) groups excluding carboxylic acids is 1. The second-order valence-corrected chi connectivity index (χ2v) is 7.98. The first-order chi connectivity index (χ1) is 10.1. The summed E-state index contributed by atoms with van der Waals surface area (Å²) in [5.41, 5.74) is 0. The Kier molecular flexibility index (Phi) is 4.36. The predicted octanol–water partition coefficient (Wildman–Crippen LogP) is 3.70. The maximum Gasteiger partial charge on any atom is 0.241 e. The SMILES string of the molecule is CCCC1NC(c2ccc(C)s2)N(CC(C)C2CC2)C1=O. The van der Waals surface area contributed by atoms with Crippen molar-refractivity contribution in [1.29, 1.82) is 0 Å². The zero-order chi connectivity index (χ0) is 15.0. The van der Waals surface area contributed by atoms with Crippen LogP contribution in [0, 0.1) is 18.8 Å². The fraction of sp³-hybridized carbons (Fsp3) is 0.706. The summed E-state index contributed by atoms with van der Waals surface area (Å²) in [6.45, 7) is 7.48. The van der Waals surface area contributed by atoms with Crippen LogP contribution in [0.5, 0.6) is 0 Å². The van der Waals surface area contributed by atoms with Crippen molar-refractivity contribution in [2.24, 2.45) is 11.8 Å². The molecule has 2 heterocycles. The molecule has 3 unspecified atom stereocenters. The standard InChI is InChI=1S/C17H26N2OS/c1-4-5-14-17(20)19(10-11(2)13-7-8-13)16(18-14)15-9-6-12(3)21-15/h6,9,11,13-14,16,18H,4-5,7-8,10H2,1-3H3. The lowest BCUT2D eigenvalue weighted by Crippen LogP contribution is -2.35. The van der Waals surface area contributed by atoms with E-state index in [1.165, 1.54) is 22.6 Å². The summed E-state index contributed by atoms with van der Waals surface area (Å²) in [6.07, 6.45) is 4.77. The van der Waals surface area contributed by atoms with Crippen LogP contribution in [0.4, 0.5) is 0 Å². The molecule has 0 bridgehead atoms. The van der Waals surface area contributed by atoms with Gasteiger partial charge in [0.2, 0.25) is 5.91 Å². The summed E-state index contributed by atoms with van der Waals surface area (Å²) in [5, 5.41) is 3.57. The van der Waals surface area contributed by atoms with Gasteiger partial charge in [-0.1, -0.05) is 20.3 Å². The third kappa shape index (κ3) is 3.16. The van der Waals surface area contributed by atoms with Crippen molar-refractivity contribution in [1.82, 2.24) is 10.2 Å². The lowest BCUT2D eigenvalue weighted by molar-refractivity contribution is -0.130. The molecular weight excluding hydrogens is 280 g/mol. The van der Waals surface area contributed by atoms with Gasteiger partial charge in [0, 0.05) is 16.3 Å². The monoisotopic (exact) mass is 306 g/mol. The van der Waals surface area contributed by atoms with E-state index in [4.69, 9.17) is 0 Å². The van der Waals surface area contributed by atoms with Gasteiger partial charge in [-0.15, -0.1) is 11.3 Å². The zero-order valence-corrected chi connectivity index (χ0v) is 14.1. The summed E-state index contributed by atoms with van der Waals surface area (Å²) in [5.74, 6) is 1.77. The topological polar surface area (TPSA) is 32.3 Å². The fourth-order valence-corrected chi connectivity index (χ4v) is 4.28. The molecule has 2 aliphatic rings. The molecule has 2 fully saturated rings.